The largest absolute Gasteiger partial charge is 0.509 e. The summed E-state index contributed by atoms with van der Waals surface area (Å²) in [6.45, 7) is 5.51. The van der Waals surface area contributed by atoms with Gasteiger partial charge in [-0.3, -0.25) is 0 Å². The van der Waals surface area contributed by atoms with Crippen LogP contribution in [0.1, 0.15) is 6.92 Å². The van der Waals surface area contributed by atoms with Gasteiger partial charge in [0.05, 0.1) is 0 Å². The standard InChI is InChI=1S/C6H8O3/c1-3-6(2)4-8-5(7)9-6/h3H,1,4H2,2H3/t6-/m1/s1. The molecule has 9 heavy (non-hydrogen) atoms. The second-order valence-corrected chi connectivity index (χ2v) is 2.16. The van der Waals surface area contributed by atoms with Gasteiger partial charge in [0.15, 0.2) is 5.60 Å². The van der Waals surface area contributed by atoms with Gasteiger partial charge in [-0.25, -0.2) is 4.79 Å². The normalized spacial score (nSPS) is 33.2. The van der Waals surface area contributed by atoms with Crippen molar-refractivity contribution < 1.29 is 14.3 Å². The molecule has 0 spiro atoms. The fraction of sp³-hybridized carbons (Fsp3) is 0.500. The van der Waals surface area contributed by atoms with E-state index in [0.29, 0.717) is 0 Å². The van der Waals surface area contributed by atoms with Gasteiger partial charge in [0.1, 0.15) is 6.61 Å². The molecule has 0 bridgehead atoms. The van der Waals surface area contributed by atoms with Gasteiger partial charge in [-0.1, -0.05) is 6.58 Å². The van der Waals surface area contributed by atoms with E-state index in [4.69, 9.17) is 4.74 Å². The quantitative estimate of drug-likeness (QED) is 0.392. The second-order valence-electron chi connectivity index (χ2n) is 2.16. The number of ether oxygens (including phenoxy) is 2. The summed E-state index contributed by atoms with van der Waals surface area (Å²) in [5.41, 5.74) is -0.600. The van der Waals surface area contributed by atoms with Gasteiger partial charge in [-0.2, -0.15) is 0 Å². The molecule has 0 aliphatic carbocycles. The van der Waals surface area contributed by atoms with Crippen LogP contribution in [-0.2, 0) is 9.47 Å². The van der Waals surface area contributed by atoms with Crippen molar-refractivity contribution in [2.75, 3.05) is 6.61 Å². The highest BCUT2D eigenvalue weighted by Crippen LogP contribution is 2.19. The van der Waals surface area contributed by atoms with Crippen LogP contribution in [0.2, 0.25) is 0 Å². The molecule has 0 saturated carbocycles. The first-order valence-electron chi connectivity index (χ1n) is 2.66. The summed E-state index contributed by atoms with van der Waals surface area (Å²) < 4.78 is 9.25. The third kappa shape index (κ3) is 1.04. The Bertz CT molecular complexity index is 152. The van der Waals surface area contributed by atoms with E-state index < -0.39 is 11.8 Å². The summed E-state index contributed by atoms with van der Waals surface area (Å²) in [4.78, 5) is 10.3. The van der Waals surface area contributed by atoms with E-state index in [0.717, 1.165) is 0 Å². The maximum atomic E-state index is 10.3. The Labute approximate surface area is 53.3 Å². The molecule has 0 aromatic carbocycles. The van der Waals surface area contributed by atoms with Gasteiger partial charge >= 0.3 is 6.16 Å². The molecule has 0 unspecified atom stereocenters. The van der Waals surface area contributed by atoms with Crippen molar-refractivity contribution in [3.63, 3.8) is 0 Å². The molecule has 1 rings (SSSR count). The van der Waals surface area contributed by atoms with Crippen LogP contribution < -0.4 is 0 Å². The molecule has 1 atom stereocenters. The predicted molar refractivity (Wildman–Crippen MR) is 31.0 cm³/mol. The summed E-state index contributed by atoms with van der Waals surface area (Å²) in [5.74, 6) is 0. The molecule has 1 aliphatic heterocycles. The molecule has 3 nitrogen and oxygen atoms in total. The highest BCUT2D eigenvalue weighted by atomic mass is 16.8. The lowest BCUT2D eigenvalue weighted by Crippen LogP contribution is -2.23. The molecule has 0 N–H and O–H groups in total. The molecule has 50 valence electrons. The predicted octanol–water partition coefficient (Wildman–Crippen LogP) is 1.10. The Morgan fingerprint density at radius 2 is 2.56 bits per heavy atom. The topological polar surface area (TPSA) is 35.5 Å². The highest BCUT2D eigenvalue weighted by molar-refractivity contribution is 5.63. The second kappa shape index (κ2) is 1.76. The summed E-state index contributed by atoms with van der Waals surface area (Å²) >= 11 is 0. The zero-order chi connectivity index (χ0) is 6.91. The molecule has 1 saturated heterocycles. The summed E-state index contributed by atoms with van der Waals surface area (Å²) in [5, 5.41) is 0. The molecule has 1 heterocycles. The minimum absolute atomic E-state index is 0.273. The van der Waals surface area contributed by atoms with Crippen LogP contribution in [0.15, 0.2) is 12.7 Å². The van der Waals surface area contributed by atoms with E-state index in [9.17, 15) is 4.79 Å². The molecule has 0 amide bonds. The van der Waals surface area contributed by atoms with E-state index in [1.165, 1.54) is 0 Å². The number of cyclic esters (lactones) is 2. The number of carbonyl (C=O) groups is 1. The van der Waals surface area contributed by atoms with E-state index in [1.54, 1.807) is 13.0 Å². The Hall–Kier alpha value is -0.990. The Morgan fingerprint density at radius 3 is 2.78 bits per heavy atom. The van der Waals surface area contributed by atoms with Crippen molar-refractivity contribution in [3.05, 3.63) is 12.7 Å². The fourth-order valence-corrected chi connectivity index (χ4v) is 0.552. The summed E-state index contributed by atoms with van der Waals surface area (Å²) in [6, 6.07) is 0. The maximum Gasteiger partial charge on any atom is 0.509 e. The third-order valence-corrected chi connectivity index (χ3v) is 1.22. The highest BCUT2D eigenvalue weighted by Gasteiger charge is 2.34. The van der Waals surface area contributed by atoms with E-state index >= 15 is 0 Å². The molecular formula is C6H8O3. The first-order chi connectivity index (χ1) is 4.16. The minimum Gasteiger partial charge on any atom is -0.430 e. The Morgan fingerprint density at radius 1 is 1.89 bits per heavy atom. The van der Waals surface area contributed by atoms with Crippen molar-refractivity contribution in [1.29, 1.82) is 0 Å². The Kier molecular flexibility index (Phi) is 1.20. The lowest BCUT2D eigenvalue weighted by atomic mass is 10.1. The lowest BCUT2D eigenvalue weighted by molar-refractivity contribution is 0.0993. The first kappa shape index (κ1) is 6.13. The van der Waals surface area contributed by atoms with Crippen LogP contribution in [0.3, 0.4) is 0 Å². The molecule has 0 aromatic heterocycles. The average Bonchev–Trinajstić information content (AvgIpc) is 2.13. The van der Waals surface area contributed by atoms with Gasteiger partial charge in [-0.15, -0.1) is 0 Å². The van der Waals surface area contributed by atoms with Gasteiger partial charge in [0.2, 0.25) is 0 Å². The fourth-order valence-electron chi connectivity index (χ4n) is 0.552. The van der Waals surface area contributed by atoms with Gasteiger partial charge < -0.3 is 9.47 Å². The van der Waals surface area contributed by atoms with Crippen LogP contribution >= 0.6 is 0 Å². The average molecular weight is 128 g/mol. The van der Waals surface area contributed by atoms with Gasteiger partial charge in [-0.05, 0) is 13.0 Å². The minimum atomic E-state index is -0.614. The van der Waals surface area contributed by atoms with E-state index in [1.807, 2.05) is 0 Å². The van der Waals surface area contributed by atoms with Crippen molar-refractivity contribution in [2.45, 2.75) is 12.5 Å². The van der Waals surface area contributed by atoms with Crippen molar-refractivity contribution in [1.82, 2.24) is 0 Å². The zero-order valence-electron chi connectivity index (χ0n) is 5.22. The zero-order valence-corrected chi connectivity index (χ0v) is 5.22. The van der Waals surface area contributed by atoms with Crippen LogP contribution in [0.25, 0.3) is 0 Å². The Balaban J connectivity index is 2.65. The molecular weight excluding hydrogens is 120 g/mol. The van der Waals surface area contributed by atoms with Crippen molar-refractivity contribution >= 4 is 6.16 Å². The van der Waals surface area contributed by atoms with Crippen molar-refractivity contribution in [2.24, 2.45) is 0 Å². The van der Waals surface area contributed by atoms with E-state index in [2.05, 4.69) is 11.3 Å². The molecule has 0 radical (unpaired) electrons. The number of hydrogen-bond acceptors (Lipinski definition) is 3. The van der Waals surface area contributed by atoms with Gasteiger partial charge in [0.25, 0.3) is 0 Å². The molecule has 1 aliphatic rings. The van der Waals surface area contributed by atoms with Crippen LogP contribution in [0, 0.1) is 0 Å². The summed E-state index contributed by atoms with van der Waals surface area (Å²) in [6.07, 6.45) is 0.940. The monoisotopic (exact) mass is 128 g/mol. The lowest BCUT2D eigenvalue weighted by Gasteiger charge is -2.11. The van der Waals surface area contributed by atoms with E-state index in [-0.39, 0.29) is 6.61 Å². The molecule has 3 heteroatoms. The third-order valence-electron chi connectivity index (χ3n) is 1.22. The number of hydrogen-bond donors (Lipinski definition) is 0. The van der Waals surface area contributed by atoms with Crippen LogP contribution in [-0.4, -0.2) is 18.4 Å². The number of carbonyl (C=O) groups excluding carboxylic acids is 1. The van der Waals surface area contributed by atoms with Crippen molar-refractivity contribution in [3.8, 4) is 0 Å². The van der Waals surface area contributed by atoms with Gasteiger partial charge in [0, 0.05) is 0 Å². The molecule has 1 fully saturated rings. The maximum absolute atomic E-state index is 10.3. The first-order valence-corrected chi connectivity index (χ1v) is 2.66. The number of rotatable bonds is 1. The molecule has 0 aromatic rings. The smallest absolute Gasteiger partial charge is 0.430 e. The van der Waals surface area contributed by atoms with Crippen LogP contribution in [0.5, 0.6) is 0 Å². The van der Waals surface area contributed by atoms with Crippen LogP contribution in [0.4, 0.5) is 4.79 Å². The summed E-state index contributed by atoms with van der Waals surface area (Å²) in [7, 11) is 0. The SMILES string of the molecule is C=C[C@]1(C)COC(=O)O1.